The van der Waals surface area contributed by atoms with Gasteiger partial charge < -0.3 is 19.8 Å². The van der Waals surface area contributed by atoms with E-state index in [1.165, 1.54) is 7.11 Å². The standard InChI is InChI=1S/C18H29N3O4S/c1-5-26(23)15-8-6-7-13(9-15)21-18(19-3)20-11-14-10-16(12(2)25-14)17(22)24-4/h10,13,15H,5-9,11H2,1-4H3,(H2,19,20,21). The van der Waals surface area contributed by atoms with E-state index >= 15 is 0 Å². The van der Waals surface area contributed by atoms with Crippen molar-refractivity contribution in [3.63, 3.8) is 0 Å². The topological polar surface area (TPSA) is 92.9 Å². The molecule has 0 spiro atoms. The van der Waals surface area contributed by atoms with Gasteiger partial charge >= 0.3 is 5.97 Å². The Morgan fingerprint density at radius 3 is 2.88 bits per heavy atom. The molecular formula is C18H29N3O4S. The fourth-order valence-electron chi connectivity index (χ4n) is 3.25. The molecule has 1 saturated carbocycles. The van der Waals surface area contributed by atoms with Crippen LogP contribution < -0.4 is 10.6 Å². The summed E-state index contributed by atoms with van der Waals surface area (Å²) >= 11 is 0. The molecule has 0 aliphatic heterocycles. The van der Waals surface area contributed by atoms with E-state index in [0.717, 1.165) is 25.7 Å². The second kappa shape index (κ2) is 9.75. The molecular weight excluding hydrogens is 354 g/mol. The molecule has 1 fully saturated rings. The molecule has 0 radical (unpaired) electrons. The molecule has 3 atom stereocenters. The predicted molar refractivity (Wildman–Crippen MR) is 103 cm³/mol. The zero-order chi connectivity index (χ0) is 19.1. The first-order valence-corrected chi connectivity index (χ1v) is 10.4. The summed E-state index contributed by atoms with van der Waals surface area (Å²) in [7, 11) is 2.32. The summed E-state index contributed by atoms with van der Waals surface area (Å²) in [6.45, 7) is 4.12. The average Bonchev–Trinajstić information content (AvgIpc) is 3.04. The molecule has 26 heavy (non-hydrogen) atoms. The van der Waals surface area contributed by atoms with Crippen LogP contribution in [0.5, 0.6) is 0 Å². The Labute approximate surface area is 157 Å². The van der Waals surface area contributed by atoms with E-state index in [1.807, 2.05) is 6.92 Å². The summed E-state index contributed by atoms with van der Waals surface area (Å²) in [5, 5.41) is 6.88. The highest BCUT2D eigenvalue weighted by molar-refractivity contribution is 7.85. The van der Waals surface area contributed by atoms with E-state index in [9.17, 15) is 9.00 Å². The maximum Gasteiger partial charge on any atom is 0.341 e. The van der Waals surface area contributed by atoms with Gasteiger partial charge in [-0.25, -0.2) is 4.79 Å². The summed E-state index contributed by atoms with van der Waals surface area (Å²) in [6.07, 6.45) is 4.05. The number of carbonyl (C=O) groups excluding carboxylic acids is 1. The predicted octanol–water partition coefficient (Wildman–Crippen LogP) is 2.12. The summed E-state index contributed by atoms with van der Waals surface area (Å²) in [5.74, 6) is 2.15. The lowest BCUT2D eigenvalue weighted by atomic mass is 9.95. The SMILES string of the molecule is CCS(=O)C1CCCC(NC(=NC)NCc2cc(C(=O)OC)c(C)o2)C1. The van der Waals surface area contributed by atoms with Crippen molar-refractivity contribution in [2.24, 2.45) is 4.99 Å². The number of hydrogen-bond acceptors (Lipinski definition) is 5. The molecule has 1 heterocycles. The quantitative estimate of drug-likeness (QED) is 0.444. The molecule has 0 amide bonds. The van der Waals surface area contributed by atoms with Gasteiger partial charge in [-0.05, 0) is 32.3 Å². The van der Waals surface area contributed by atoms with Gasteiger partial charge in [-0.15, -0.1) is 0 Å². The third-order valence-corrected chi connectivity index (χ3v) is 6.39. The molecule has 146 valence electrons. The maximum atomic E-state index is 12.1. The minimum atomic E-state index is -0.749. The van der Waals surface area contributed by atoms with Crippen molar-refractivity contribution in [3.05, 3.63) is 23.2 Å². The van der Waals surface area contributed by atoms with Crippen LogP contribution >= 0.6 is 0 Å². The van der Waals surface area contributed by atoms with Gasteiger partial charge in [0.2, 0.25) is 0 Å². The van der Waals surface area contributed by atoms with Crippen LogP contribution in [-0.4, -0.2) is 47.3 Å². The van der Waals surface area contributed by atoms with Crippen molar-refractivity contribution >= 4 is 22.7 Å². The molecule has 0 aromatic carbocycles. The van der Waals surface area contributed by atoms with Gasteiger partial charge in [-0.1, -0.05) is 13.3 Å². The molecule has 1 aromatic heterocycles. The first kappa shape index (κ1) is 20.5. The molecule has 1 aliphatic rings. The average molecular weight is 384 g/mol. The summed E-state index contributed by atoms with van der Waals surface area (Å²) < 4.78 is 22.4. The zero-order valence-electron chi connectivity index (χ0n) is 16.0. The number of carbonyl (C=O) groups is 1. The van der Waals surface area contributed by atoms with Crippen molar-refractivity contribution in [1.29, 1.82) is 0 Å². The summed E-state index contributed by atoms with van der Waals surface area (Å²) in [6, 6.07) is 1.95. The van der Waals surface area contributed by atoms with Crippen LogP contribution in [-0.2, 0) is 22.1 Å². The second-order valence-corrected chi connectivity index (χ2v) is 8.40. The Hall–Kier alpha value is -1.83. The van der Waals surface area contributed by atoms with E-state index in [4.69, 9.17) is 9.15 Å². The lowest BCUT2D eigenvalue weighted by Crippen LogP contribution is -2.46. The van der Waals surface area contributed by atoms with Gasteiger partial charge in [0.1, 0.15) is 17.1 Å². The highest BCUT2D eigenvalue weighted by atomic mass is 32.2. The first-order valence-electron chi connectivity index (χ1n) is 9.00. The summed E-state index contributed by atoms with van der Waals surface area (Å²) in [4.78, 5) is 15.9. The second-order valence-electron chi connectivity index (χ2n) is 6.40. The van der Waals surface area contributed by atoms with Gasteiger partial charge in [0.15, 0.2) is 5.96 Å². The number of furan rings is 1. The monoisotopic (exact) mass is 383 g/mol. The van der Waals surface area contributed by atoms with E-state index in [-0.39, 0.29) is 11.3 Å². The molecule has 1 aliphatic carbocycles. The normalized spacial score (nSPS) is 21.9. The zero-order valence-corrected chi connectivity index (χ0v) is 16.8. The number of nitrogens with one attached hydrogen (secondary N) is 2. The maximum absolute atomic E-state index is 12.1. The Kier molecular flexibility index (Phi) is 7.68. The fourth-order valence-corrected chi connectivity index (χ4v) is 4.60. The van der Waals surface area contributed by atoms with Crippen LogP contribution in [0, 0.1) is 6.92 Å². The van der Waals surface area contributed by atoms with Crippen LogP contribution in [0.3, 0.4) is 0 Å². The third-order valence-electron chi connectivity index (χ3n) is 4.65. The van der Waals surface area contributed by atoms with Crippen LogP contribution in [0.1, 0.15) is 54.5 Å². The third kappa shape index (κ3) is 5.33. The van der Waals surface area contributed by atoms with Crippen molar-refractivity contribution in [3.8, 4) is 0 Å². The lowest BCUT2D eigenvalue weighted by molar-refractivity contribution is 0.0599. The van der Waals surface area contributed by atoms with Gasteiger partial charge in [0.25, 0.3) is 0 Å². The molecule has 2 N–H and O–H groups in total. The molecule has 2 rings (SSSR count). The number of hydrogen-bond donors (Lipinski definition) is 2. The van der Waals surface area contributed by atoms with Crippen molar-refractivity contribution < 1.29 is 18.2 Å². The van der Waals surface area contributed by atoms with E-state index in [2.05, 4.69) is 15.6 Å². The molecule has 8 heteroatoms. The molecule has 0 bridgehead atoms. The first-order chi connectivity index (χ1) is 12.5. The largest absolute Gasteiger partial charge is 0.465 e. The van der Waals surface area contributed by atoms with Crippen LogP contribution in [0.25, 0.3) is 0 Å². The minimum absolute atomic E-state index is 0.263. The highest BCUT2D eigenvalue weighted by Crippen LogP contribution is 2.23. The molecule has 7 nitrogen and oxygen atoms in total. The Balaban J connectivity index is 1.90. The van der Waals surface area contributed by atoms with Gasteiger partial charge in [-0.2, -0.15) is 0 Å². The number of aryl methyl sites for hydroxylation is 1. The smallest absolute Gasteiger partial charge is 0.341 e. The minimum Gasteiger partial charge on any atom is -0.465 e. The molecule has 1 aromatic rings. The van der Waals surface area contributed by atoms with E-state index < -0.39 is 16.8 Å². The number of ether oxygens (including phenoxy) is 1. The van der Waals surface area contributed by atoms with Gasteiger partial charge in [0, 0.05) is 34.9 Å². The van der Waals surface area contributed by atoms with Crippen LogP contribution in [0.15, 0.2) is 15.5 Å². The van der Waals surface area contributed by atoms with Crippen molar-refractivity contribution in [2.75, 3.05) is 19.9 Å². The Morgan fingerprint density at radius 2 is 2.23 bits per heavy atom. The van der Waals surface area contributed by atoms with Crippen molar-refractivity contribution in [1.82, 2.24) is 10.6 Å². The number of esters is 1. The van der Waals surface area contributed by atoms with Crippen molar-refractivity contribution in [2.45, 2.75) is 57.4 Å². The number of rotatable bonds is 6. The summed E-state index contributed by atoms with van der Waals surface area (Å²) in [5.41, 5.74) is 0.435. The highest BCUT2D eigenvalue weighted by Gasteiger charge is 2.26. The van der Waals surface area contributed by atoms with E-state index in [0.29, 0.717) is 35.3 Å². The van der Waals surface area contributed by atoms with Gasteiger partial charge in [-0.3, -0.25) is 9.20 Å². The Morgan fingerprint density at radius 1 is 1.46 bits per heavy atom. The number of aliphatic imine (C=N–C) groups is 1. The Bertz CT molecular complexity index is 671. The fraction of sp³-hybridized carbons (Fsp3) is 0.667. The number of guanidine groups is 1. The number of nitrogens with zero attached hydrogens (tertiary/aromatic N) is 1. The lowest BCUT2D eigenvalue weighted by Gasteiger charge is -2.30. The molecule has 3 unspecified atom stereocenters. The molecule has 0 saturated heterocycles. The van der Waals surface area contributed by atoms with Crippen LogP contribution in [0.2, 0.25) is 0 Å². The number of methoxy groups -OCH3 is 1. The van der Waals surface area contributed by atoms with Gasteiger partial charge in [0.05, 0.1) is 13.7 Å². The van der Waals surface area contributed by atoms with E-state index in [1.54, 1.807) is 20.0 Å². The van der Waals surface area contributed by atoms with Crippen LogP contribution in [0.4, 0.5) is 0 Å².